The molecule has 1 aliphatic heterocycles. The third kappa shape index (κ3) is 13.7. The van der Waals surface area contributed by atoms with Gasteiger partial charge in [0, 0.05) is 30.7 Å². The van der Waals surface area contributed by atoms with Crippen molar-refractivity contribution in [1.29, 1.82) is 0 Å². The molecule has 1 rings (SSSR count). The third-order valence-electron chi connectivity index (χ3n) is 3.09. The van der Waals surface area contributed by atoms with Gasteiger partial charge < -0.3 is 25.0 Å². The van der Waals surface area contributed by atoms with Crippen LogP contribution >= 0.6 is 0 Å². The van der Waals surface area contributed by atoms with Crippen LogP contribution in [0.1, 0.15) is 39.0 Å². The summed E-state index contributed by atoms with van der Waals surface area (Å²) in [6, 6.07) is 0. The van der Waals surface area contributed by atoms with Crippen molar-refractivity contribution in [3.8, 4) is 0 Å². The highest BCUT2D eigenvalue weighted by Crippen LogP contribution is 2.07. The van der Waals surface area contributed by atoms with Gasteiger partial charge >= 0.3 is 23.9 Å². The highest BCUT2D eigenvalue weighted by molar-refractivity contribution is 5.89. The lowest BCUT2D eigenvalue weighted by atomic mass is 10.1. The number of rotatable bonds is 9. The second kappa shape index (κ2) is 14.6. The van der Waals surface area contributed by atoms with Crippen molar-refractivity contribution in [2.45, 2.75) is 39.0 Å². The molecule has 9 heteroatoms. The van der Waals surface area contributed by atoms with Crippen LogP contribution in [-0.2, 0) is 28.7 Å². The van der Waals surface area contributed by atoms with Crippen LogP contribution in [0.5, 0.6) is 0 Å². The van der Waals surface area contributed by atoms with Crippen molar-refractivity contribution >= 4 is 23.9 Å². The number of carbonyl (C=O) groups excluding carboxylic acids is 2. The Bertz CT molecular complexity index is 523. The van der Waals surface area contributed by atoms with Gasteiger partial charge in [0.05, 0.1) is 0 Å². The first kappa shape index (κ1) is 23.3. The minimum atomic E-state index is -1.26. The minimum Gasteiger partial charge on any atom is -0.478 e. The zero-order valence-electron chi connectivity index (χ0n) is 14.7. The lowest BCUT2D eigenvalue weighted by Crippen LogP contribution is -2.24. The molecule has 0 fully saturated rings. The Hall–Kier alpha value is -2.68. The first-order valence-electron chi connectivity index (χ1n) is 8.23. The quantitative estimate of drug-likeness (QED) is 0.236. The fourth-order valence-corrected chi connectivity index (χ4v) is 1.78. The Morgan fingerprint density at radius 1 is 1.12 bits per heavy atom. The molecule has 0 saturated heterocycles. The first-order valence-corrected chi connectivity index (χ1v) is 8.23. The second-order valence-corrected chi connectivity index (χ2v) is 5.22. The molecule has 0 aliphatic carbocycles. The summed E-state index contributed by atoms with van der Waals surface area (Å²) in [6.07, 6.45) is 6.85. The van der Waals surface area contributed by atoms with Gasteiger partial charge in [-0.15, -0.1) is 0 Å². The number of carboxylic acid groups (broad SMARTS) is 2. The SMILES string of the molecule is CCCCCC(=O)OCOC(=O)C1=CCNCC1.O=C(O)/C=C/C(=O)O. The molecule has 0 spiro atoms. The van der Waals surface area contributed by atoms with Crippen molar-refractivity contribution in [2.24, 2.45) is 0 Å². The van der Waals surface area contributed by atoms with Gasteiger partial charge in [-0.25, -0.2) is 14.4 Å². The van der Waals surface area contributed by atoms with E-state index in [-0.39, 0.29) is 12.8 Å². The fourth-order valence-electron chi connectivity index (χ4n) is 1.78. The summed E-state index contributed by atoms with van der Waals surface area (Å²) in [4.78, 5) is 41.9. The van der Waals surface area contributed by atoms with Gasteiger partial charge in [0.2, 0.25) is 6.79 Å². The maximum Gasteiger partial charge on any atom is 0.336 e. The van der Waals surface area contributed by atoms with Crippen molar-refractivity contribution in [3.63, 3.8) is 0 Å². The summed E-state index contributed by atoms with van der Waals surface area (Å²) >= 11 is 0. The summed E-state index contributed by atoms with van der Waals surface area (Å²) in [5.74, 6) is -3.21. The van der Waals surface area contributed by atoms with Crippen LogP contribution in [0, 0.1) is 0 Å². The summed E-state index contributed by atoms with van der Waals surface area (Å²) in [6.45, 7) is 3.24. The van der Waals surface area contributed by atoms with Gasteiger partial charge in [0.1, 0.15) is 0 Å². The number of unbranched alkanes of at least 4 members (excludes halogenated alkanes) is 2. The molecule has 0 unspecified atom stereocenters. The lowest BCUT2D eigenvalue weighted by Gasteiger charge is -2.13. The molecule has 0 saturated carbocycles. The molecule has 146 valence electrons. The molecule has 0 aromatic heterocycles. The fraction of sp³-hybridized carbons (Fsp3) is 0.529. The normalized spacial score (nSPS) is 13.2. The number of hydrogen-bond acceptors (Lipinski definition) is 7. The van der Waals surface area contributed by atoms with Gasteiger partial charge in [0.15, 0.2) is 0 Å². The Kier molecular flexibility index (Phi) is 13.1. The molecule has 0 aromatic rings. The molecule has 1 aliphatic rings. The van der Waals surface area contributed by atoms with E-state index in [1.54, 1.807) is 6.08 Å². The largest absolute Gasteiger partial charge is 0.478 e. The maximum absolute atomic E-state index is 11.5. The van der Waals surface area contributed by atoms with E-state index >= 15 is 0 Å². The third-order valence-corrected chi connectivity index (χ3v) is 3.09. The Morgan fingerprint density at radius 2 is 1.77 bits per heavy atom. The topological polar surface area (TPSA) is 139 Å². The van der Waals surface area contributed by atoms with Crippen LogP contribution in [0.3, 0.4) is 0 Å². The first-order chi connectivity index (χ1) is 12.4. The molecule has 0 aromatic carbocycles. The number of ether oxygens (including phenoxy) is 2. The molecule has 26 heavy (non-hydrogen) atoms. The monoisotopic (exact) mass is 371 g/mol. The van der Waals surface area contributed by atoms with Crippen molar-refractivity contribution in [1.82, 2.24) is 5.32 Å². The summed E-state index contributed by atoms with van der Waals surface area (Å²) in [7, 11) is 0. The van der Waals surface area contributed by atoms with Crippen LogP contribution in [0.4, 0.5) is 0 Å². The number of aliphatic carboxylic acids is 2. The van der Waals surface area contributed by atoms with E-state index in [4.69, 9.17) is 19.7 Å². The summed E-state index contributed by atoms with van der Waals surface area (Å²) in [5, 5.41) is 18.7. The van der Waals surface area contributed by atoms with E-state index in [0.717, 1.165) is 25.8 Å². The smallest absolute Gasteiger partial charge is 0.336 e. The van der Waals surface area contributed by atoms with Crippen LogP contribution < -0.4 is 5.32 Å². The van der Waals surface area contributed by atoms with E-state index in [1.165, 1.54) is 0 Å². The van der Waals surface area contributed by atoms with Crippen LogP contribution in [0.2, 0.25) is 0 Å². The molecule has 1 heterocycles. The van der Waals surface area contributed by atoms with Crippen LogP contribution in [-0.4, -0.2) is 54.0 Å². The van der Waals surface area contributed by atoms with Gasteiger partial charge in [-0.2, -0.15) is 0 Å². The average Bonchev–Trinajstić information content (AvgIpc) is 2.61. The molecular weight excluding hydrogens is 346 g/mol. The minimum absolute atomic E-state index is 0.283. The van der Waals surface area contributed by atoms with Gasteiger partial charge in [-0.1, -0.05) is 25.8 Å². The molecule has 0 bridgehead atoms. The molecular formula is C17H25NO8. The number of carboxylic acids is 2. The number of esters is 2. The van der Waals surface area contributed by atoms with Crippen LogP contribution in [0.15, 0.2) is 23.8 Å². The summed E-state index contributed by atoms with van der Waals surface area (Å²) in [5.41, 5.74) is 0.649. The summed E-state index contributed by atoms with van der Waals surface area (Å²) < 4.78 is 9.71. The van der Waals surface area contributed by atoms with Gasteiger partial charge in [-0.3, -0.25) is 4.79 Å². The number of hydrogen-bond donors (Lipinski definition) is 3. The lowest BCUT2D eigenvalue weighted by molar-refractivity contribution is -0.164. The predicted octanol–water partition coefficient (Wildman–Crippen LogP) is 1.24. The second-order valence-electron chi connectivity index (χ2n) is 5.22. The zero-order chi connectivity index (χ0) is 19.8. The molecule has 0 radical (unpaired) electrons. The Morgan fingerprint density at radius 3 is 2.27 bits per heavy atom. The zero-order valence-corrected chi connectivity index (χ0v) is 14.7. The highest BCUT2D eigenvalue weighted by atomic mass is 16.7. The van der Waals surface area contributed by atoms with Crippen LogP contribution in [0.25, 0.3) is 0 Å². The van der Waals surface area contributed by atoms with Crippen molar-refractivity contribution < 1.29 is 38.9 Å². The molecule has 0 amide bonds. The molecule has 9 nitrogen and oxygen atoms in total. The van der Waals surface area contributed by atoms with Gasteiger partial charge in [-0.05, 0) is 19.4 Å². The van der Waals surface area contributed by atoms with Gasteiger partial charge in [0.25, 0.3) is 0 Å². The molecule has 0 atom stereocenters. The van der Waals surface area contributed by atoms with E-state index in [0.29, 0.717) is 37.1 Å². The maximum atomic E-state index is 11.5. The highest BCUT2D eigenvalue weighted by Gasteiger charge is 2.13. The van der Waals surface area contributed by atoms with E-state index in [1.807, 2.05) is 0 Å². The molecule has 3 N–H and O–H groups in total. The number of nitrogens with one attached hydrogen (secondary N) is 1. The predicted molar refractivity (Wildman–Crippen MR) is 91.2 cm³/mol. The number of carbonyl (C=O) groups is 4. The Labute approximate surface area is 151 Å². The van der Waals surface area contributed by atoms with E-state index < -0.39 is 17.9 Å². The standard InChI is InChI=1S/C13H21NO4.C4H4O4/c1-2-3-4-5-12(15)17-10-18-13(16)11-6-8-14-9-7-11;5-3(6)1-2-4(7)8/h6,14H,2-5,7-10H2,1H3;1-2H,(H,5,6)(H,7,8)/b;2-1+. The van der Waals surface area contributed by atoms with E-state index in [2.05, 4.69) is 12.2 Å². The van der Waals surface area contributed by atoms with Crippen molar-refractivity contribution in [3.05, 3.63) is 23.8 Å². The Balaban J connectivity index is 0.000000660. The average molecular weight is 371 g/mol. The van der Waals surface area contributed by atoms with E-state index in [9.17, 15) is 19.2 Å². The van der Waals surface area contributed by atoms with Crippen molar-refractivity contribution in [2.75, 3.05) is 19.9 Å².